The average molecular weight is 206 g/mol. The Bertz CT molecular complexity index is 382. The predicted octanol–water partition coefficient (Wildman–Crippen LogP) is 2.48. The Kier molecular flexibility index (Phi) is 1.42. The Labute approximate surface area is 90.7 Å². The van der Waals surface area contributed by atoms with E-state index in [0.717, 1.165) is 18.4 Å². The number of carbonyl (C=O) groups excluding carboxylic acids is 1. The van der Waals surface area contributed by atoms with Crippen molar-refractivity contribution in [2.24, 2.45) is 10.8 Å². The van der Waals surface area contributed by atoms with Gasteiger partial charge in [-0.2, -0.15) is 0 Å². The average Bonchev–Trinajstić information content (AvgIpc) is 2.92. The van der Waals surface area contributed by atoms with Gasteiger partial charge in [0.1, 0.15) is 11.7 Å². The summed E-state index contributed by atoms with van der Waals surface area (Å²) in [5, 5.41) is 0. The summed E-state index contributed by atoms with van der Waals surface area (Å²) in [7, 11) is 0. The summed E-state index contributed by atoms with van der Waals surface area (Å²) in [6, 6.07) is 0. The van der Waals surface area contributed by atoms with Crippen LogP contribution in [0.2, 0.25) is 0 Å². The van der Waals surface area contributed by atoms with E-state index in [0.29, 0.717) is 5.78 Å². The molecule has 3 rings (SSSR count). The molecule has 15 heavy (non-hydrogen) atoms. The van der Waals surface area contributed by atoms with E-state index >= 15 is 0 Å². The molecule has 2 nitrogen and oxygen atoms in total. The molecule has 0 radical (unpaired) electrons. The van der Waals surface area contributed by atoms with Gasteiger partial charge in [-0.3, -0.25) is 4.79 Å². The fraction of sp³-hybridized carbons (Fsp3) is 0.769. The normalized spacial score (nSPS) is 41.2. The first-order valence-corrected chi connectivity index (χ1v) is 5.76. The molecule has 1 aliphatic heterocycles. The van der Waals surface area contributed by atoms with Crippen LogP contribution in [0.1, 0.15) is 40.5 Å². The van der Waals surface area contributed by atoms with Crippen molar-refractivity contribution in [1.82, 2.24) is 0 Å². The molecular weight excluding hydrogens is 188 g/mol. The summed E-state index contributed by atoms with van der Waals surface area (Å²) in [5.74, 6) is 0.356. The first-order valence-electron chi connectivity index (χ1n) is 5.76. The summed E-state index contributed by atoms with van der Waals surface area (Å²) in [6.45, 7) is 8.44. The number of ketones is 1. The second kappa shape index (κ2) is 2.22. The zero-order valence-corrected chi connectivity index (χ0v) is 9.89. The molecule has 2 heteroatoms. The van der Waals surface area contributed by atoms with Crippen molar-refractivity contribution in [3.05, 3.63) is 11.6 Å². The highest BCUT2D eigenvalue weighted by Gasteiger charge is 2.73. The number of allylic oxidation sites excluding steroid dienone is 1. The first kappa shape index (κ1) is 9.59. The summed E-state index contributed by atoms with van der Waals surface area (Å²) < 4.78 is 5.74. The molecule has 2 aliphatic carbocycles. The van der Waals surface area contributed by atoms with Crippen LogP contribution in [0, 0.1) is 10.8 Å². The van der Waals surface area contributed by atoms with E-state index in [9.17, 15) is 4.79 Å². The highest BCUT2D eigenvalue weighted by molar-refractivity contribution is 6.05. The van der Waals surface area contributed by atoms with E-state index < -0.39 is 0 Å². The van der Waals surface area contributed by atoms with Crippen LogP contribution in [0.15, 0.2) is 11.6 Å². The Morgan fingerprint density at radius 1 is 1.40 bits per heavy atom. The zero-order chi connectivity index (χ0) is 11.1. The summed E-state index contributed by atoms with van der Waals surface area (Å²) in [5.41, 5.74) is 0.683. The minimum absolute atomic E-state index is 0.0490. The van der Waals surface area contributed by atoms with Crippen molar-refractivity contribution in [2.45, 2.75) is 52.2 Å². The zero-order valence-electron chi connectivity index (χ0n) is 9.89. The minimum Gasteiger partial charge on any atom is -0.361 e. The summed E-state index contributed by atoms with van der Waals surface area (Å²) >= 11 is 0. The summed E-state index contributed by atoms with van der Waals surface area (Å²) in [6.07, 6.45) is 4.31. The van der Waals surface area contributed by atoms with E-state index in [1.165, 1.54) is 0 Å². The van der Waals surface area contributed by atoms with Crippen LogP contribution in [0.5, 0.6) is 0 Å². The largest absolute Gasteiger partial charge is 0.361 e. The van der Waals surface area contributed by atoms with Gasteiger partial charge in [-0.1, -0.05) is 20.8 Å². The molecule has 2 fully saturated rings. The lowest BCUT2D eigenvalue weighted by Crippen LogP contribution is -2.36. The van der Waals surface area contributed by atoms with Crippen LogP contribution < -0.4 is 0 Å². The minimum atomic E-state index is -0.132. The topological polar surface area (TPSA) is 29.6 Å². The molecule has 0 N–H and O–H groups in total. The number of ether oxygens (including phenoxy) is 1. The second-order valence-electron chi connectivity index (χ2n) is 6.48. The molecule has 0 aromatic heterocycles. The lowest BCUT2D eigenvalue weighted by molar-refractivity contribution is -0.122. The molecule has 2 atom stereocenters. The van der Waals surface area contributed by atoms with E-state index in [2.05, 4.69) is 33.8 Å². The van der Waals surface area contributed by atoms with Gasteiger partial charge in [-0.15, -0.1) is 0 Å². The van der Waals surface area contributed by atoms with E-state index in [1.807, 2.05) is 0 Å². The number of rotatable bonds is 0. The Morgan fingerprint density at radius 3 is 2.47 bits per heavy atom. The predicted molar refractivity (Wildman–Crippen MR) is 57.5 cm³/mol. The molecule has 0 unspecified atom stereocenters. The number of hydrogen-bond acceptors (Lipinski definition) is 2. The number of carbonyl (C=O) groups is 1. The van der Waals surface area contributed by atoms with E-state index in [1.54, 1.807) is 0 Å². The fourth-order valence-electron chi connectivity index (χ4n) is 2.91. The highest BCUT2D eigenvalue weighted by Crippen LogP contribution is 2.66. The number of hydrogen-bond donors (Lipinski definition) is 0. The molecule has 3 aliphatic rings. The molecule has 0 aromatic rings. The quantitative estimate of drug-likeness (QED) is 0.570. The van der Waals surface area contributed by atoms with Crippen molar-refractivity contribution < 1.29 is 9.53 Å². The molecule has 0 bridgehead atoms. The Balaban J connectivity index is 2.08. The summed E-state index contributed by atoms with van der Waals surface area (Å²) in [4.78, 5) is 12.4. The van der Waals surface area contributed by atoms with Gasteiger partial charge in [0.15, 0.2) is 5.78 Å². The Morgan fingerprint density at radius 2 is 2.00 bits per heavy atom. The molecule has 1 saturated heterocycles. The smallest absolute Gasteiger partial charge is 0.168 e. The SMILES string of the molecule is CC(C)(C)C1=C[C@@]2(C)O[C@H]2C2(CC2)C1=O. The van der Waals surface area contributed by atoms with Crippen molar-refractivity contribution in [3.8, 4) is 0 Å². The van der Waals surface area contributed by atoms with Crippen molar-refractivity contribution in [2.75, 3.05) is 0 Å². The lowest BCUT2D eigenvalue weighted by atomic mass is 9.71. The maximum absolute atomic E-state index is 12.4. The molecule has 1 saturated carbocycles. The van der Waals surface area contributed by atoms with Crippen molar-refractivity contribution in [3.63, 3.8) is 0 Å². The monoisotopic (exact) mass is 206 g/mol. The van der Waals surface area contributed by atoms with Crippen LogP contribution in [0.3, 0.4) is 0 Å². The van der Waals surface area contributed by atoms with E-state index in [4.69, 9.17) is 4.74 Å². The highest BCUT2D eigenvalue weighted by atomic mass is 16.6. The standard InChI is InChI=1S/C13H18O2/c1-11(2,3)8-7-12(4)10(15-12)13(5-6-13)9(8)14/h7,10H,5-6H2,1-4H3/t10-,12-/m1/s1. The lowest BCUT2D eigenvalue weighted by Gasteiger charge is -2.29. The van der Waals surface area contributed by atoms with Crippen LogP contribution in [0.25, 0.3) is 0 Å². The van der Waals surface area contributed by atoms with Gasteiger partial charge >= 0.3 is 0 Å². The number of Topliss-reactive ketones (excluding diaryl/α,β-unsaturated/α-hetero) is 1. The van der Waals surface area contributed by atoms with Gasteiger partial charge in [-0.25, -0.2) is 0 Å². The van der Waals surface area contributed by atoms with Crippen molar-refractivity contribution in [1.29, 1.82) is 0 Å². The third-order valence-electron chi connectivity index (χ3n) is 4.06. The van der Waals surface area contributed by atoms with Gasteiger partial charge in [-0.05, 0) is 31.3 Å². The molecule has 0 aromatic carbocycles. The van der Waals surface area contributed by atoms with Crippen LogP contribution in [-0.4, -0.2) is 17.5 Å². The van der Waals surface area contributed by atoms with Gasteiger partial charge in [0.25, 0.3) is 0 Å². The van der Waals surface area contributed by atoms with Crippen LogP contribution in [0.4, 0.5) is 0 Å². The molecular formula is C13H18O2. The third kappa shape index (κ3) is 1.06. The number of epoxide rings is 1. The fourth-order valence-corrected chi connectivity index (χ4v) is 2.91. The van der Waals surface area contributed by atoms with Gasteiger partial charge in [0.2, 0.25) is 0 Å². The maximum atomic E-state index is 12.4. The van der Waals surface area contributed by atoms with E-state index in [-0.39, 0.29) is 22.5 Å². The van der Waals surface area contributed by atoms with Gasteiger partial charge in [0, 0.05) is 5.57 Å². The second-order valence-corrected chi connectivity index (χ2v) is 6.48. The van der Waals surface area contributed by atoms with Gasteiger partial charge in [0.05, 0.1) is 5.41 Å². The maximum Gasteiger partial charge on any atom is 0.168 e. The van der Waals surface area contributed by atoms with Gasteiger partial charge < -0.3 is 4.74 Å². The first-order chi connectivity index (χ1) is 6.80. The molecule has 1 heterocycles. The molecule has 1 spiro atoms. The Hall–Kier alpha value is -0.630. The third-order valence-corrected chi connectivity index (χ3v) is 4.06. The van der Waals surface area contributed by atoms with Crippen molar-refractivity contribution >= 4 is 5.78 Å². The van der Waals surface area contributed by atoms with Crippen LogP contribution >= 0.6 is 0 Å². The van der Waals surface area contributed by atoms with Crippen LogP contribution in [-0.2, 0) is 9.53 Å². The molecule has 82 valence electrons. The molecule has 0 amide bonds. The number of fused-ring (bicyclic) bond motifs is 2.